The molecule has 0 bridgehead atoms. The van der Waals surface area contributed by atoms with Crippen LogP contribution in [0.25, 0.3) is 0 Å². The number of hydrogen-bond donors (Lipinski definition) is 1. The topological polar surface area (TPSA) is 73.0 Å². The lowest BCUT2D eigenvalue weighted by molar-refractivity contribution is -0.385. The van der Waals surface area contributed by atoms with Crippen molar-refractivity contribution in [1.82, 2.24) is 9.78 Å². The Hall–Kier alpha value is -2.10. The quantitative estimate of drug-likeness (QED) is 0.649. The van der Waals surface area contributed by atoms with E-state index in [0.717, 1.165) is 6.07 Å². The molecule has 0 aliphatic rings. The molecule has 0 saturated carbocycles. The fourth-order valence-corrected chi connectivity index (χ4v) is 2.39. The second kappa shape index (κ2) is 5.95. The van der Waals surface area contributed by atoms with Crippen LogP contribution in [-0.2, 0) is 19.8 Å². The van der Waals surface area contributed by atoms with Crippen LogP contribution in [0.15, 0.2) is 28.7 Å². The summed E-state index contributed by atoms with van der Waals surface area (Å²) in [6.45, 7) is -0.0357. The van der Waals surface area contributed by atoms with Gasteiger partial charge in [0.2, 0.25) is 0 Å². The summed E-state index contributed by atoms with van der Waals surface area (Å²) >= 11 is 3.19. The number of alkyl halides is 3. The summed E-state index contributed by atoms with van der Waals surface area (Å²) in [4.78, 5) is 10.4. The number of nitro groups is 1. The van der Waals surface area contributed by atoms with Crippen molar-refractivity contribution in [3.63, 3.8) is 0 Å². The Morgan fingerprint density at radius 3 is 2.68 bits per heavy atom. The van der Waals surface area contributed by atoms with Crippen molar-refractivity contribution in [3.8, 4) is 0 Å². The summed E-state index contributed by atoms with van der Waals surface area (Å²) in [6, 6.07) is 5.29. The first kappa shape index (κ1) is 16.3. The molecular formula is C12H10BrF3N4O2. The zero-order valence-electron chi connectivity index (χ0n) is 11.2. The fraction of sp³-hybridized carbons (Fsp3) is 0.250. The second-order valence-electron chi connectivity index (χ2n) is 4.38. The minimum atomic E-state index is -4.51. The Bertz CT molecular complexity index is 715. The maximum absolute atomic E-state index is 12.7. The highest BCUT2D eigenvalue weighted by atomic mass is 79.9. The van der Waals surface area contributed by atoms with Crippen LogP contribution < -0.4 is 5.32 Å². The van der Waals surface area contributed by atoms with E-state index in [-0.39, 0.29) is 18.1 Å². The molecule has 0 saturated heterocycles. The number of nitro benzene ring substituents is 1. The minimum absolute atomic E-state index is 0.0140. The standard InChI is InChI=1S/C12H10BrF3N4O2/c1-19-10(12(14,15)16)5-11(18-19)17-6-7-8(13)3-2-4-9(7)20(21)22/h2-5H,6H2,1H3,(H,17,18). The van der Waals surface area contributed by atoms with E-state index in [0.29, 0.717) is 14.7 Å². The number of rotatable bonds is 4. The van der Waals surface area contributed by atoms with Crippen LogP contribution >= 0.6 is 15.9 Å². The molecule has 0 unspecified atom stereocenters. The van der Waals surface area contributed by atoms with Gasteiger partial charge in [0.25, 0.3) is 5.69 Å². The predicted octanol–water partition coefficient (Wildman–Crippen LogP) is 3.72. The van der Waals surface area contributed by atoms with E-state index < -0.39 is 16.8 Å². The van der Waals surface area contributed by atoms with E-state index in [1.807, 2.05) is 0 Å². The van der Waals surface area contributed by atoms with Gasteiger partial charge < -0.3 is 5.32 Å². The number of nitrogens with one attached hydrogen (secondary N) is 1. The summed E-state index contributed by atoms with van der Waals surface area (Å²) in [5.41, 5.74) is -0.711. The Balaban J connectivity index is 2.23. The average Bonchev–Trinajstić information content (AvgIpc) is 2.78. The van der Waals surface area contributed by atoms with Gasteiger partial charge in [-0.25, -0.2) is 0 Å². The van der Waals surface area contributed by atoms with Crippen LogP contribution in [0.1, 0.15) is 11.3 Å². The van der Waals surface area contributed by atoms with E-state index >= 15 is 0 Å². The van der Waals surface area contributed by atoms with E-state index in [9.17, 15) is 23.3 Å². The van der Waals surface area contributed by atoms with Crippen molar-refractivity contribution in [1.29, 1.82) is 0 Å². The van der Waals surface area contributed by atoms with E-state index in [1.165, 1.54) is 19.2 Å². The third kappa shape index (κ3) is 3.38. The number of anilines is 1. The molecule has 0 radical (unpaired) electrons. The SMILES string of the molecule is Cn1nc(NCc2c(Br)cccc2[N+](=O)[O-])cc1C(F)(F)F. The first-order chi connectivity index (χ1) is 10.2. The first-order valence-corrected chi connectivity index (χ1v) is 6.76. The lowest BCUT2D eigenvalue weighted by Crippen LogP contribution is -2.11. The normalized spacial score (nSPS) is 11.5. The van der Waals surface area contributed by atoms with Gasteiger partial charge in [-0.05, 0) is 6.07 Å². The van der Waals surface area contributed by atoms with E-state index in [1.54, 1.807) is 6.07 Å². The summed E-state index contributed by atoms with van der Waals surface area (Å²) in [6.07, 6.45) is -4.51. The van der Waals surface area contributed by atoms with Crippen molar-refractivity contribution in [2.75, 3.05) is 5.32 Å². The van der Waals surface area contributed by atoms with Gasteiger partial charge in [0.1, 0.15) is 11.5 Å². The fourth-order valence-electron chi connectivity index (χ4n) is 1.89. The van der Waals surface area contributed by atoms with Gasteiger partial charge in [-0.3, -0.25) is 14.8 Å². The van der Waals surface area contributed by atoms with Crippen molar-refractivity contribution in [2.45, 2.75) is 12.7 Å². The van der Waals surface area contributed by atoms with Crippen LogP contribution in [-0.4, -0.2) is 14.7 Å². The van der Waals surface area contributed by atoms with E-state index in [4.69, 9.17) is 0 Å². The maximum Gasteiger partial charge on any atom is 0.433 e. The Morgan fingerprint density at radius 2 is 2.14 bits per heavy atom. The van der Waals surface area contributed by atoms with Gasteiger partial charge in [-0.2, -0.15) is 18.3 Å². The number of aromatic nitrogens is 2. The van der Waals surface area contributed by atoms with Gasteiger partial charge in [0.15, 0.2) is 0 Å². The van der Waals surface area contributed by atoms with Gasteiger partial charge >= 0.3 is 6.18 Å². The van der Waals surface area contributed by atoms with Gasteiger partial charge in [-0.15, -0.1) is 0 Å². The molecule has 0 aliphatic carbocycles. The molecule has 1 N–H and O–H groups in total. The lowest BCUT2D eigenvalue weighted by atomic mass is 10.2. The first-order valence-electron chi connectivity index (χ1n) is 5.97. The molecule has 0 aliphatic heterocycles. The van der Waals surface area contributed by atoms with Crippen molar-refractivity contribution >= 4 is 27.4 Å². The van der Waals surface area contributed by atoms with Gasteiger partial charge in [0.05, 0.1) is 10.5 Å². The molecule has 22 heavy (non-hydrogen) atoms. The average molecular weight is 379 g/mol. The van der Waals surface area contributed by atoms with Gasteiger partial charge in [0, 0.05) is 30.2 Å². The molecule has 1 aromatic heterocycles. The van der Waals surface area contributed by atoms with Crippen molar-refractivity contribution in [2.24, 2.45) is 7.05 Å². The molecular weight excluding hydrogens is 369 g/mol. The highest BCUT2D eigenvalue weighted by Crippen LogP contribution is 2.31. The molecule has 1 heterocycles. The number of nitrogens with zero attached hydrogens (tertiary/aromatic N) is 3. The smallest absolute Gasteiger partial charge is 0.364 e. The number of halogens is 4. The van der Waals surface area contributed by atoms with Crippen molar-refractivity contribution < 1.29 is 18.1 Å². The molecule has 0 amide bonds. The van der Waals surface area contributed by atoms with Crippen LogP contribution in [0, 0.1) is 10.1 Å². The Labute approximate surface area is 131 Å². The second-order valence-corrected chi connectivity index (χ2v) is 5.24. The summed E-state index contributed by atoms with van der Waals surface area (Å²) in [7, 11) is 1.18. The van der Waals surface area contributed by atoms with Crippen LogP contribution in [0.5, 0.6) is 0 Å². The molecule has 6 nitrogen and oxygen atoms in total. The van der Waals surface area contributed by atoms with Gasteiger partial charge in [-0.1, -0.05) is 22.0 Å². The molecule has 0 fully saturated rings. The number of aryl methyl sites for hydroxylation is 1. The van der Waals surface area contributed by atoms with Crippen LogP contribution in [0.3, 0.4) is 0 Å². The highest BCUT2D eigenvalue weighted by molar-refractivity contribution is 9.10. The monoisotopic (exact) mass is 378 g/mol. The molecule has 0 atom stereocenters. The van der Waals surface area contributed by atoms with Crippen LogP contribution in [0.2, 0.25) is 0 Å². The molecule has 10 heteroatoms. The Morgan fingerprint density at radius 1 is 1.45 bits per heavy atom. The molecule has 2 rings (SSSR count). The van der Waals surface area contributed by atoms with Crippen molar-refractivity contribution in [3.05, 3.63) is 50.1 Å². The number of benzene rings is 1. The predicted molar refractivity (Wildman–Crippen MR) is 76.3 cm³/mol. The van der Waals surface area contributed by atoms with Crippen LogP contribution in [0.4, 0.5) is 24.7 Å². The van der Waals surface area contributed by atoms with E-state index in [2.05, 4.69) is 26.3 Å². The Kier molecular flexibility index (Phi) is 4.40. The maximum atomic E-state index is 12.7. The lowest BCUT2D eigenvalue weighted by Gasteiger charge is -2.06. The highest BCUT2D eigenvalue weighted by Gasteiger charge is 2.35. The minimum Gasteiger partial charge on any atom is -0.364 e. The summed E-state index contributed by atoms with van der Waals surface area (Å²) < 4.78 is 39.2. The zero-order chi connectivity index (χ0) is 16.5. The summed E-state index contributed by atoms with van der Waals surface area (Å²) in [5.74, 6) is -0.0140. The summed E-state index contributed by atoms with van der Waals surface area (Å²) in [5, 5.41) is 17.3. The third-order valence-electron chi connectivity index (χ3n) is 2.91. The largest absolute Gasteiger partial charge is 0.433 e. The molecule has 1 aromatic carbocycles. The third-order valence-corrected chi connectivity index (χ3v) is 3.65. The molecule has 118 valence electrons. The molecule has 0 spiro atoms. The zero-order valence-corrected chi connectivity index (χ0v) is 12.8. The molecule has 2 aromatic rings. The number of hydrogen-bond acceptors (Lipinski definition) is 4.